The topological polar surface area (TPSA) is 3.24 Å². The summed E-state index contributed by atoms with van der Waals surface area (Å²) in [5, 5.41) is 0. The fourth-order valence-corrected chi connectivity index (χ4v) is 3.09. The van der Waals surface area contributed by atoms with Crippen molar-refractivity contribution in [3.05, 3.63) is 0 Å². The van der Waals surface area contributed by atoms with Gasteiger partial charge in [-0.15, -0.1) is 0 Å². The van der Waals surface area contributed by atoms with Gasteiger partial charge in [0.1, 0.15) is 0 Å². The fourth-order valence-electron chi connectivity index (χ4n) is 3.09. The molecule has 15 heavy (non-hydrogen) atoms. The summed E-state index contributed by atoms with van der Waals surface area (Å²) in [7, 11) is 0. The van der Waals surface area contributed by atoms with E-state index in [0.717, 1.165) is 12.0 Å². The van der Waals surface area contributed by atoms with Crippen LogP contribution in [0, 0.1) is 5.92 Å². The Morgan fingerprint density at radius 2 is 1.60 bits per heavy atom. The molecule has 1 fully saturated rings. The van der Waals surface area contributed by atoms with Gasteiger partial charge in [0.2, 0.25) is 0 Å². The molecule has 0 aromatic rings. The summed E-state index contributed by atoms with van der Waals surface area (Å²) in [5.41, 5.74) is 0. The zero-order chi connectivity index (χ0) is 11.1. The van der Waals surface area contributed by atoms with E-state index in [1.807, 2.05) is 0 Å². The third kappa shape index (κ3) is 4.14. The van der Waals surface area contributed by atoms with Crippen molar-refractivity contribution in [1.29, 1.82) is 0 Å². The van der Waals surface area contributed by atoms with Crippen LogP contribution in [0.4, 0.5) is 0 Å². The average molecular weight is 211 g/mol. The Bertz CT molecular complexity index is 147. The largest absolute Gasteiger partial charge is 0.301 e. The highest BCUT2D eigenvalue weighted by Crippen LogP contribution is 2.30. The van der Waals surface area contributed by atoms with E-state index >= 15 is 0 Å². The molecule has 1 aliphatic carbocycles. The highest BCUT2D eigenvalue weighted by atomic mass is 15.1. The van der Waals surface area contributed by atoms with Gasteiger partial charge in [0.15, 0.2) is 0 Å². The highest BCUT2D eigenvalue weighted by Gasteiger charge is 2.23. The number of hydrogen-bond donors (Lipinski definition) is 0. The number of rotatable bonds is 6. The molecular formula is C14H29N. The summed E-state index contributed by atoms with van der Waals surface area (Å²) in [6.07, 6.45) is 10.0. The lowest BCUT2D eigenvalue weighted by Crippen LogP contribution is -2.38. The molecule has 1 aliphatic rings. The Morgan fingerprint density at radius 3 is 2.07 bits per heavy atom. The molecule has 1 nitrogen and oxygen atoms in total. The van der Waals surface area contributed by atoms with Gasteiger partial charge in [-0.1, -0.05) is 33.6 Å². The Hall–Kier alpha value is -0.0400. The molecule has 1 rings (SSSR count). The molecule has 0 amide bonds. The van der Waals surface area contributed by atoms with E-state index in [0.29, 0.717) is 0 Å². The van der Waals surface area contributed by atoms with Crippen molar-refractivity contribution in [2.45, 2.75) is 71.8 Å². The minimum absolute atomic E-state index is 0.906. The summed E-state index contributed by atoms with van der Waals surface area (Å²) in [6.45, 7) is 9.48. The van der Waals surface area contributed by atoms with Crippen LogP contribution in [0.5, 0.6) is 0 Å². The lowest BCUT2D eigenvalue weighted by molar-refractivity contribution is 0.139. The van der Waals surface area contributed by atoms with Gasteiger partial charge in [0, 0.05) is 6.04 Å². The molecule has 0 atom stereocenters. The molecule has 0 aliphatic heterocycles. The third-order valence-electron chi connectivity index (χ3n) is 3.95. The van der Waals surface area contributed by atoms with Crippen molar-refractivity contribution < 1.29 is 0 Å². The second-order valence-electron chi connectivity index (χ2n) is 5.09. The predicted octanol–water partition coefficient (Wildman–Crippen LogP) is 4.08. The standard InChI is InChI=1S/C14H29N/c1-4-7-13-8-10-14(11-9-13)15(6-3)12-5-2/h13-14H,4-12H2,1-3H3. The second-order valence-corrected chi connectivity index (χ2v) is 5.09. The minimum atomic E-state index is 0.906. The van der Waals surface area contributed by atoms with Crippen LogP contribution in [-0.2, 0) is 0 Å². The Labute approximate surface area is 96.2 Å². The summed E-state index contributed by atoms with van der Waals surface area (Å²) in [4.78, 5) is 2.70. The summed E-state index contributed by atoms with van der Waals surface area (Å²) >= 11 is 0. The van der Waals surface area contributed by atoms with Crippen molar-refractivity contribution in [2.24, 2.45) is 5.92 Å². The van der Waals surface area contributed by atoms with E-state index in [1.54, 1.807) is 0 Å². The summed E-state index contributed by atoms with van der Waals surface area (Å²) in [5.74, 6) is 1.05. The number of nitrogens with zero attached hydrogens (tertiary/aromatic N) is 1. The quantitative estimate of drug-likeness (QED) is 0.640. The van der Waals surface area contributed by atoms with E-state index in [4.69, 9.17) is 0 Å². The molecule has 0 N–H and O–H groups in total. The Balaban J connectivity index is 2.28. The molecule has 0 radical (unpaired) electrons. The monoisotopic (exact) mass is 211 g/mol. The molecule has 90 valence electrons. The van der Waals surface area contributed by atoms with Crippen LogP contribution in [-0.4, -0.2) is 24.0 Å². The van der Waals surface area contributed by atoms with Gasteiger partial charge in [-0.25, -0.2) is 0 Å². The molecule has 1 heteroatoms. The second kappa shape index (κ2) is 7.27. The lowest BCUT2D eigenvalue weighted by Gasteiger charge is -2.36. The van der Waals surface area contributed by atoms with Crippen LogP contribution in [0.2, 0.25) is 0 Å². The van der Waals surface area contributed by atoms with E-state index in [-0.39, 0.29) is 0 Å². The average Bonchev–Trinajstić information content (AvgIpc) is 2.28. The molecule has 0 spiro atoms. The molecule has 0 saturated heterocycles. The first-order valence-electron chi connectivity index (χ1n) is 7.05. The fraction of sp³-hybridized carbons (Fsp3) is 1.00. The van der Waals surface area contributed by atoms with Crippen molar-refractivity contribution in [1.82, 2.24) is 4.90 Å². The third-order valence-corrected chi connectivity index (χ3v) is 3.95. The van der Waals surface area contributed by atoms with Crippen molar-refractivity contribution in [2.75, 3.05) is 13.1 Å². The van der Waals surface area contributed by atoms with E-state index in [1.165, 1.54) is 58.0 Å². The van der Waals surface area contributed by atoms with Crippen molar-refractivity contribution in [3.8, 4) is 0 Å². The molecule has 0 unspecified atom stereocenters. The Morgan fingerprint density at radius 1 is 0.933 bits per heavy atom. The molecular weight excluding hydrogens is 182 g/mol. The van der Waals surface area contributed by atoms with Crippen LogP contribution in [0.1, 0.15) is 65.7 Å². The van der Waals surface area contributed by atoms with Gasteiger partial charge in [-0.3, -0.25) is 0 Å². The molecule has 0 bridgehead atoms. The lowest BCUT2D eigenvalue weighted by atomic mass is 9.83. The molecule has 0 aromatic heterocycles. The maximum Gasteiger partial charge on any atom is 0.00953 e. The predicted molar refractivity (Wildman–Crippen MR) is 68.2 cm³/mol. The maximum atomic E-state index is 2.70. The normalized spacial score (nSPS) is 27.2. The van der Waals surface area contributed by atoms with E-state index < -0.39 is 0 Å². The van der Waals surface area contributed by atoms with Crippen LogP contribution in [0.15, 0.2) is 0 Å². The van der Waals surface area contributed by atoms with Crippen LogP contribution < -0.4 is 0 Å². The summed E-state index contributed by atoms with van der Waals surface area (Å²) in [6, 6.07) is 0.906. The van der Waals surface area contributed by atoms with Crippen LogP contribution >= 0.6 is 0 Å². The number of hydrogen-bond acceptors (Lipinski definition) is 1. The van der Waals surface area contributed by atoms with Crippen LogP contribution in [0.25, 0.3) is 0 Å². The van der Waals surface area contributed by atoms with E-state index in [2.05, 4.69) is 25.7 Å². The maximum absolute atomic E-state index is 2.70. The van der Waals surface area contributed by atoms with Gasteiger partial charge in [0.25, 0.3) is 0 Å². The SMILES string of the molecule is CCCC1CCC(N(CC)CCC)CC1. The minimum Gasteiger partial charge on any atom is -0.301 e. The van der Waals surface area contributed by atoms with Gasteiger partial charge >= 0.3 is 0 Å². The van der Waals surface area contributed by atoms with Gasteiger partial charge in [-0.05, 0) is 51.1 Å². The first-order chi connectivity index (χ1) is 7.31. The highest BCUT2D eigenvalue weighted by molar-refractivity contribution is 4.78. The van der Waals surface area contributed by atoms with Crippen molar-refractivity contribution >= 4 is 0 Å². The first-order valence-corrected chi connectivity index (χ1v) is 7.05. The van der Waals surface area contributed by atoms with Gasteiger partial charge in [0.05, 0.1) is 0 Å². The smallest absolute Gasteiger partial charge is 0.00953 e. The molecule has 0 aromatic carbocycles. The van der Waals surface area contributed by atoms with Gasteiger partial charge < -0.3 is 4.90 Å². The zero-order valence-electron chi connectivity index (χ0n) is 11.0. The van der Waals surface area contributed by atoms with Crippen molar-refractivity contribution in [3.63, 3.8) is 0 Å². The van der Waals surface area contributed by atoms with Gasteiger partial charge in [-0.2, -0.15) is 0 Å². The first kappa shape index (κ1) is 13.0. The van der Waals surface area contributed by atoms with Crippen LogP contribution in [0.3, 0.4) is 0 Å². The zero-order valence-corrected chi connectivity index (χ0v) is 11.0. The Kier molecular flexibility index (Phi) is 6.31. The molecule has 0 heterocycles. The van der Waals surface area contributed by atoms with E-state index in [9.17, 15) is 0 Å². The molecule has 1 saturated carbocycles. The summed E-state index contributed by atoms with van der Waals surface area (Å²) < 4.78 is 0.